The van der Waals surface area contributed by atoms with Crippen molar-refractivity contribution in [1.82, 2.24) is 10.6 Å². The lowest BCUT2D eigenvalue weighted by Gasteiger charge is -2.13. The van der Waals surface area contributed by atoms with Crippen molar-refractivity contribution in [3.8, 4) is 5.75 Å². The normalized spacial score (nSPS) is 11.5. The number of halogens is 1. The molecule has 3 N–H and O–H groups in total. The van der Waals surface area contributed by atoms with Crippen LogP contribution in [0.4, 0.5) is 0 Å². The third kappa shape index (κ3) is 5.48. The van der Waals surface area contributed by atoms with E-state index in [1.807, 2.05) is 6.07 Å². The summed E-state index contributed by atoms with van der Waals surface area (Å²) in [7, 11) is 1.46. The van der Waals surface area contributed by atoms with E-state index < -0.39 is 17.9 Å². The van der Waals surface area contributed by atoms with E-state index in [-0.39, 0.29) is 13.1 Å². The van der Waals surface area contributed by atoms with Crippen LogP contribution in [0.1, 0.15) is 15.9 Å². The number of ether oxygens (including phenoxy) is 1. The van der Waals surface area contributed by atoms with Crippen LogP contribution < -0.4 is 15.4 Å². The molecule has 0 spiro atoms. The summed E-state index contributed by atoms with van der Waals surface area (Å²) in [5, 5.41) is 15.6. The quantitative estimate of drug-likeness (QED) is 0.700. The van der Waals surface area contributed by atoms with Crippen molar-refractivity contribution in [1.29, 1.82) is 0 Å². The van der Waals surface area contributed by atoms with Gasteiger partial charge in [0.1, 0.15) is 11.9 Å². The van der Waals surface area contributed by atoms with Gasteiger partial charge in [-0.25, -0.2) is 0 Å². The Morgan fingerprint density at radius 3 is 2.64 bits per heavy atom. The van der Waals surface area contributed by atoms with Crippen LogP contribution >= 0.6 is 11.6 Å². The molecule has 2 amide bonds. The largest absolute Gasteiger partial charge is 0.496 e. The van der Waals surface area contributed by atoms with Crippen molar-refractivity contribution in [2.24, 2.45) is 0 Å². The topological polar surface area (TPSA) is 87.7 Å². The molecule has 0 saturated heterocycles. The van der Waals surface area contributed by atoms with Crippen LogP contribution in [-0.4, -0.2) is 36.7 Å². The monoisotopic (exact) mass is 362 g/mol. The fourth-order valence-corrected chi connectivity index (χ4v) is 2.38. The molecule has 132 valence electrons. The average molecular weight is 363 g/mol. The van der Waals surface area contributed by atoms with Crippen molar-refractivity contribution in [3.05, 3.63) is 64.7 Å². The van der Waals surface area contributed by atoms with Gasteiger partial charge in [0.2, 0.25) is 0 Å². The molecule has 1 atom stereocenters. The summed E-state index contributed by atoms with van der Waals surface area (Å²) in [5.41, 5.74) is 1.14. The number of methoxy groups -OCH3 is 1. The SMILES string of the molecule is COc1ccccc1C(=O)NCC(O)C(=O)NCc1cccc(Cl)c1. The van der Waals surface area contributed by atoms with Crippen LogP contribution in [-0.2, 0) is 11.3 Å². The Morgan fingerprint density at radius 2 is 1.92 bits per heavy atom. The summed E-state index contributed by atoms with van der Waals surface area (Å²) < 4.78 is 5.10. The molecule has 0 bridgehead atoms. The number of nitrogens with one attached hydrogen (secondary N) is 2. The van der Waals surface area contributed by atoms with Crippen LogP contribution in [0.3, 0.4) is 0 Å². The molecule has 1 unspecified atom stereocenters. The Hall–Kier alpha value is -2.57. The first-order valence-electron chi connectivity index (χ1n) is 7.62. The minimum Gasteiger partial charge on any atom is -0.496 e. The lowest BCUT2D eigenvalue weighted by atomic mass is 10.2. The number of rotatable bonds is 7. The molecule has 0 aliphatic heterocycles. The number of benzene rings is 2. The van der Waals surface area contributed by atoms with Crippen molar-refractivity contribution < 1.29 is 19.4 Å². The van der Waals surface area contributed by atoms with Gasteiger partial charge in [0.05, 0.1) is 19.2 Å². The van der Waals surface area contributed by atoms with Gasteiger partial charge in [0, 0.05) is 11.6 Å². The lowest BCUT2D eigenvalue weighted by Crippen LogP contribution is -2.42. The first-order valence-corrected chi connectivity index (χ1v) is 8.00. The molecule has 0 radical (unpaired) electrons. The fourth-order valence-electron chi connectivity index (χ4n) is 2.16. The number of hydrogen-bond acceptors (Lipinski definition) is 4. The molecule has 0 aliphatic carbocycles. The van der Waals surface area contributed by atoms with Crippen molar-refractivity contribution >= 4 is 23.4 Å². The van der Waals surface area contributed by atoms with Crippen LogP contribution in [0.2, 0.25) is 5.02 Å². The van der Waals surface area contributed by atoms with Gasteiger partial charge >= 0.3 is 0 Å². The van der Waals surface area contributed by atoms with Gasteiger partial charge < -0.3 is 20.5 Å². The molecule has 7 heteroatoms. The van der Waals surface area contributed by atoms with Gasteiger partial charge in [0.25, 0.3) is 11.8 Å². The van der Waals surface area contributed by atoms with E-state index in [2.05, 4.69) is 10.6 Å². The van der Waals surface area contributed by atoms with E-state index in [1.54, 1.807) is 42.5 Å². The fraction of sp³-hybridized carbons (Fsp3) is 0.222. The zero-order valence-electron chi connectivity index (χ0n) is 13.7. The highest BCUT2D eigenvalue weighted by atomic mass is 35.5. The van der Waals surface area contributed by atoms with Gasteiger partial charge in [-0.3, -0.25) is 9.59 Å². The number of carbonyl (C=O) groups is 2. The maximum absolute atomic E-state index is 12.1. The summed E-state index contributed by atoms with van der Waals surface area (Å²) in [5.74, 6) is -0.598. The lowest BCUT2D eigenvalue weighted by molar-refractivity contribution is -0.129. The molecule has 0 aromatic heterocycles. The Balaban J connectivity index is 1.83. The summed E-state index contributed by atoms with van der Waals surface area (Å²) in [6, 6.07) is 13.7. The summed E-state index contributed by atoms with van der Waals surface area (Å²) in [4.78, 5) is 24.0. The number of carbonyl (C=O) groups excluding carboxylic acids is 2. The molecule has 0 fully saturated rings. The third-order valence-electron chi connectivity index (χ3n) is 3.47. The molecule has 25 heavy (non-hydrogen) atoms. The first kappa shape index (κ1) is 18.8. The van der Waals surface area contributed by atoms with Crippen molar-refractivity contribution in [3.63, 3.8) is 0 Å². The average Bonchev–Trinajstić information content (AvgIpc) is 2.63. The number of amides is 2. The highest BCUT2D eigenvalue weighted by Gasteiger charge is 2.17. The Morgan fingerprint density at radius 1 is 1.16 bits per heavy atom. The molecule has 0 heterocycles. The molecule has 2 aromatic carbocycles. The van der Waals surface area contributed by atoms with Crippen molar-refractivity contribution in [2.75, 3.05) is 13.7 Å². The van der Waals surface area contributed by atoms with E-state index in [0.29, 0.717) is 16.3 Å². The number of aliphatic hydroxyl groups excluding tert-OH is 1. The van der Waals surface area contributed by atoms with E-state index in [1.165, 1.54) is 7.11 Å². The third-order valence-corrected chi connectivity index (χ3v) is 3.70. The van der Waals surface area contributed by atoms with E-state index in [4.69, 9.17) is 16.3 Å². The second-order valence-electron chi connectivity index (χ2n) is 5.27. The van der Waals surface area contributed by atoms with Gasteiger partial charge in [-0.1, -0.05) is 35.9 Å². The molecule has 6 nitrogen and oxygen atoms in total. The zero-order valence-corrected chi connectivity index (χ0v) is 14.4. The second kappa shape index (κ2) is 9.05. The minimum absolute atomic E-state index is 0.210. The summed E-state index contributed by atoms with van der Waals surface area (Å²) in [6.07, 6.45) is -1.36. The Kier molecular flexibility index (Phi) is 6.80. The van der Waals surface area contributed by atoms with E-state index in [9.17, 15) is 14.7 Å². The second-order valence-corrected chi connectivity index (χ2v) is 5.71. The van der Waals surface area contributed by atoms with E-state index in [0.717, 1.165) is 5.56 Å². The smallest absolute Gasteiger partial charge is 0.255 e. The van der Waals surface area contributed by atoms with Crippen LogP contribution in [0.15, 0.2) is 48.5 Å². The highest BCUT2D eigenvalue weighted by molar-refractivity contribution is 6.30. The van der Waals surface area contributed by atoms with Gasteiger partial charge in [0.15, 0.2) is 0 Å². The molecule has 0 saturated carbocycles. The Labute approximate surface area is 150 Å². The maximum atomic E-state index is 12.1. The van der Waals surface area contributed by atoms with Crippen LogP contribution in [0, 0.1) is 0 Å². The van der Waals surface area contributed by atoms with Gasteiger partial charge in [-0.2, -0.15) is 0 Å². The molecule has 2 rings (SSSR count). The van der Waals surface area contributed by atoms with E-state index >= 15 is 0 Å². The number of para-hydroxylation sites is 1. The van der Waals surface area contributed by atoms with Crippen LogP contribution in [0.25, 0.3) is 0 Å². The molecular formula is C18H19ClN2O4. The molecule has 2 aromatic rings. The number of aliphatic hydroxyl groups is 1. The molecular weight excluding hydrogens is 344 g/mol. The Bertz CT molecular complexity index is 751. The van der Waals surface area contributed by atoms with Crippen LogP contribution in [0.5, 0.6) is 5.75 Å². The first-order chi connectivity index (χ1) is 12.0. The summed E-state index contributed by atoms with van der Waals surface area (Å²) >= 11 is 5.87. The van der Waals surface area contributed by atoms with Crippen molar-refractivity contribution in [2.45, 2.75) is 12.6 Å². The van der Waals surface area contributed by atoms with Gasteiger partial charge in [-0.15, -0.1) is 0 Å². The minimum atomic E-state index is -1.36. The zero-order chi connectivity index (χ0) is 18.2. The van der Waals surface area contributed by atoms with Gasteiger partial charge in [-0.05, 0) is 29.8 Å². The highest BCUT2D eigenvalue weighted by Crippen LogP contribution is 2.16. The predicted molar refractivity (Wildman–Crippen MR) is 94.6 cm³/mol. The maximum Gasteiger partial charge on any atom is 0.255 e. The molecule has 0 aliphatic rings. The summed E-state index contributed by atoms with van der Waals surface area (Å²) in [6.45, 7) is 0.0230. The predicted octanol–water partition coefficient (Wildman–Crippen LogP) is 1.76. The number of hydrogen-bond donors (Lipinski definition) is 3. The standard InChI is InChI=1S/C18H19ClN2O4/c1-25-16-8-3-2-7-14(16)17(23)21-11-15(22)18(24)20-10-12-5-4-6-13(19)9-12/h2-9,15,22H,10-11H2,1H3,(H,20,24)(H,21,23).